The van der Waals surface area contributed by atoms with E-state index in [9.17, 15) is 0 Å². The second-order valence-electron chi connectivity index (χ2n) is 4.39. The third kappa shape index (κ3) is 2.62. The first-order chi connectivity index (χ1) is 9.34. The molecule has 96 valence electrons. The zero-order valence-electron chi connectivity index (χ0n) is 10.4. The van der Waals surface area contributed by atoms with Gasteiger partial charge in [-0.1, -0.05) is 35.9 Å². The Morgan fingerprint density at radius 3 is 2.68 bits per heavy atom. The number of para-hydroxylation sites is 1. The molecular formula is C15H14ClN3. The average molecular weight is 272 g/mol. The van der Waals surface area contributed by atoms with Crippen molar-refractivity contribution < 1.29 is 0 Å². The summed E-state index contributed by atoms with van der Waals surface area (Å²) in [7, 11) is 0. The Kier molecular flexibility index (Phi) is 3.49. The number of nitrogens with zero attached hydrogens (tertiary/aromatic N) is 1. The number of rotatable bonds is 4. The van der Waals surface area contributed by atoms with Crippen LogP contribution < -0.4 is 5.32 Å². The summed E-state index contributed by atoms with van der Waals surface area (Å²) in [4.78, 5) is 7.60. The summed E-state index contributed by atoms with van der Waals surface area (Å²) in [5, 5.41) is 5.21. The number of halogens is 1. The van der Waals surface area contributed by atoms with Crippen LogP contribution >= 0.6 is 11.6 Å². The van der Waals surface area contributed by atoms with Gasteiger partial charge in [-0.15, -0.1) is 0 Å². The number of pyridine rings is 1. The van der Waals surface area contributed by atoms with E-state index in [0.717, 1.165) is 33.9 Å². The van der Waals surface area contributed by atoms with E-state index < -0.39 is 0 Å². The number of fused-ring (bicyclic) bond motifs is 1. The quantitative estimate of drug-likeness (QED) is 0.762. The molecule has 4 heteroatoms. The molecule has 0 bridgehead atoms. The molecule has 19 heavy (non-hydrogen) atoms. The van der Waals surface area contributed by atoms with E-state index in [2.05, 4.69) is 15.3 Å². The van der Waals surface area contributed by atoms with Crippen molar-refractivity contribution in [1.29, 1.82) is 0 Å². The molecule has 0 saturated heterocycles. The third-order valence-corrected chi connectivity index (χ3v) is 3.48. The van der Waals surface area contributed by atoms with Crippen molar-refractivity contribution in [2.45, 2.75) is 13.1 Å². The minimum Gasteiger partial charge on any atom is -0.356 e. The Bertz CT molecular complexity index is 676. The monoisotopic (exact) mass is 271 g/mol. The molecule has 3 nitrogen and oxygen atoms in total. The van der Waals surface area contributed by atoms with Crippen LogP contribution in [0.4, 0.5) is 0 Å². The van der Waals surface area contributed by atoms with E-state index >= 15 is 0 Å². The molecule has 0 spiro atoms. The second-order valence-corrected chi connectivity index (χ2v) is 4.77. The molecule has 0 radical (unpaired) electrons. The van der Waals surface area contributed by atoms with Crippen molar-refractivity contribution in [3.8, 4) is 0 Å². The van der Waals surface area contributed by atoms with E-state index in [4.69, 9.17) is 11.6 Å². The fraction of sp³-hybridized carbons (Fsp3) is 0.133. The second kappa shape index (κ2) is 5.43. The fourth-order valence-corrected chi connectivity index (χ4v) is 2.38. The summed E-state index contributed by atoms with van der Waals surface area (Å²) in [6.07, 6.45) is 1.80. The predicted molar refractivity (Wildman–Crippen MR) is 78.1 cm³/mol. The molecule has 0 aliphatic heterocycles. The van der Waals surface area contributed by atoms with Gasteiger partial charge in [-0.3, -0.25) is 4.98 Å². The minimum absolute atomic E-state index is 0.698. The SMILES string of the molecule is Clc1c(CNCc2ccccn2)[nH]c2ccccc12. The summed E-state index contributed by atoms with van der Waals surface area (Å²) < 4.78 is 0. The fourth-order valence-electron chi connectivity index (χ4n) is 2.10. The van der Waals surface area contributed by atoms with Crippen molar-refractivity contribution in [3.63, 3.8) is 0 Å². The normalized spacial score (nSPS) is 11.0. The zero-order valence-corrected chi connectivity index (χ0v) is 11.1. The Morgan fingerprint density at radius 1 is 1.05 bits per heavy atom. The standard InChI is InChI=1S/C15H14ClN3/c16-15-12-6-1-2-7-13(12)19-14(15)10-17-9-11-5-3-4-8-18-11/h1-8,17,19H,9-10H2. The molecule has 1 aromatic carbocycles. The maximum absolute atomic E-state index is 6.35. The maximum Gasteiger partial charge on any atom is 0.0705 e. The van der Waals surface area contributed by atoms with Gasteiger partial charge in [-0.05, 0) is 18.2 Å². The van der Waals surface area contributed by atoms with Crippen LogP contribution in [-0.4, -0.2) is 9.97 Å². The lowest BCUT2D eigenvalue weighted by Crippen LogP contribution is -2.13. The van der Waals surface area contributed by atoms with E-state index in [1.807, 2.05) is 42.5 Å². The number of hydrogen-bond acceptors (Lipinski definition) is 2. The third-order valence-electron chi connectivity index (χ3n) is 3.05. The van der Waals surface area contributed by atoms with Crippen molar-refractivity contribution in [1.82, 2.24) is 15.3 Å². The molecule has 3 rings (SSSR count). The highest BCUT2D eigenvalue weighted by Gasteiger charge is 2.08. The van der Waals surface area contributed by atoms with Gasteiger partial charge in [0.2, 0.25) is 0 Å². The highest BCUT2D eigenvalue weighted by molar-refractivity contribution is 6.36. The van der Waals surface area contributed by atoms with Crippen LogP contribution in [-0.2, 0) is 13.1 Å². The van der Waals surface area contributed by atoms with Crippen LogP contribution in [0, 0.1) is 0 Å². The van der Waals surface area contributed by atoms with Crippen molar-refractivity contribution in [3.05, 3.63) is 65.1 Å². The Labute approximate surface area is 116 Å². The first-order valence-electron chi connectivity index (χ1n) is 6.20. The van der Waals surface area contributed by atoms with Gasteiger partial charge in [0.05, 0.1) is 10.7 Å². The molecule has 3 aromatic rings. The summed E-state index contributed by atoms with van der Waals surface area (Å²) in [5.41, 5.74) is 3.11. The molecule has 2 heterocycles. The molecular weight excluding hydrogens is 258 g/mol. The summed E-state index contributed by atoms with van der Waals surface area (Å²) >= 11 is 6.35. The molecule has 0 unspecified atom stereocenters. The number of benzene rings is 1. The average Bonchev–Trinajstić information content (AvgIpc) is 2.78. The molecule has 0 fully saturated rings. The van der Waals surface area contributed by atoms with E-state index in [0.29, 0.717) is 6.54 Å². The van der Waals surface area contributed by atoms with E-state index in [1.165, 1.54) is 0 Å². The Morgan fingerprint density at radius 2 is 1.89 bits per heavy atom. The van der Waals surface area contributed by atoms with Crippen molar-refractivity contribution >= 4 is 22.5 Å². The van der Waals surface area contributed by atoms with Crippen LogP contribution in [0.15, 0.2) is 48.7 Å². The predicted octanol–water partition coefficient (Wildman–Crippen LogP) is 3.51. The maximum atomic E-state index is 6.35. The van der Waals surface area contributed by atoms with Gasteiger partial charge in [0, 0.05) is 35.9 Å². The van der Waals surface area contributed by atoms with Crippen molar-refractivity contribution in [2.75, 3.05) is 0 Å². The van der Waals surface area contributed by atoms with Gasteiger partial charge in [-0.25, -0.2) is 0 Å². The molecule has 0 saturated carbocycles. The smallest absolute Gasteiger partial charge is 0.0705 e. The molecule has 0 atom stereocenters. The molecule has 0 aliphatic carbocycles. The Balaban J connectivity index is 1.70. The largest absolute Gasteiger partial charge is 0.356 e. The van der Waals surface area contributed by atoms with Gasteiger partial charge < -0.3 is 10.3 Å². The number of hydrogen-bond donors (Lipinski definition) is 2. The lowest BCUT2D eigenvalue weighted by atomic mass is 10.2. The van der Waals surface area contributed by atoms with Gasteiger partial charge in [-0.2, -0.15) is 0 Å². The number of H-pyrrole nitrogens is 1. The van der Waals surface area contributed by atoms with E-state index in [1.54, 1.807) is 6.20 Å². The lowest BCUT2D eigenvalue weighted by Gasteiger charge is -2.03. The molecule has 2 aromatic heterocycles. The van der Waals surface area contributed by atoms with Crippen LogP contribution in [0.3, 0.4) is 0 Å². The Hall–Kier alpha value is -1.84. The first-order valence-corrected chi connectivity index (χ1v) is 6.58. The summed E-state index contributed by atoms with van der Waals surface area (Å²) in [6, 6.07) is 13.9. The molecule has 0 amide bonds. The van der Waals surface area contributed by atoms with Gasteiger partial charge in [0.15, 0.2) is 0 Å². The van der Waals surface area contributed by atoms with E-state index in [-0.39, 0.29) is 0 Å². The summed E-state index contributed by atoms with van der Waals surface area (Å²) in [5.74, 6) is 0. The molecule has 0 aliphatic rings. The summed E-state index contributed by atoms with van der Waals surface area (Å²) in [6.45, 7) is 1.43. The number of nitrogens with one attached hydrogen (secondary N) is 2. The van der Waals surface area contributed by atoms with Crippen LogP contribution in [0.2, 0.25) is 5.02 Å². The van der Waals surface area contributed by atoms with Crippen LogP contribution in [0.1, 0.15) is 11.4 Å². The van der Waals surface area contributed by atoms with Gasteiger partial charge in [0.25, 0.3) is 0 Å². The molecule has 2 N–H and O–H groups in total. The zero-order chi connectivity index (χ0) is 13.1. The van der Waals surface area contributed by atoms with Crippen molar-refractivity contribution in [2.24, 2.45) is 0 Å². The van der Waals surface area contributed by atoms with Crippen LogP contribution in [0.25, 0.3) is 10.9 Å². The minimum atomic E-state index is 0.698. The number of aromatic nitrogens is 2. The lowest BCUT2D eigenvalue weighted by molar-refractivity contribution is 0.671. The number of aromatic amines is 1. The van der Waals surface area contributed by atoms with Crippen LogP contribution in [0.5, 0.6) is 0 Å². The highest BCUT2D eigenvalue weighted by atomic mass is 35.5. The highest BCUT2D eigenvalue weighted by Crippen LogP contribution is 2.26. The van der Waals surface area contributed by atoms with Gasteiger partial charge in [0.1, 0.15) is 0 Å². The first kappa shape index (κ1) is 12.2. The van der Waals surface area contributed by atoms with Gasteiger partial charge >= 0.3 is 0 Å². The topological polar surface area (TPSA) is 40.7 Å².